The number of hydrogen-bond donors (Lipinski definition) is 3. The monoisotopic (exact) mass is 316 g/mol. The maximum atomic E-state index is 9.39. The van der Waals surface area contributed by atoms with Gasteiger partial charge in [0.05, 0.1) is 24.4 Å². The molecule has 5 nitrogen and oxygen atoms in total. The lowest BCUT2D eigenvalue weighted by molar-refractivity contribution is 0.223. The van der Waals surface area contributed by atoms with Crippen LogP contribution in [0.25, 0.3) is 0 Å². The lowest BCUT2D eigenvalue weighted by atomic mass is 9.97. The number of aryl methyl sites for hydroxylation is 2. The summed E-state index contributed by atoms with van der Waals surface area (Å²) in [6, 6.07) is 8.05. The Kier molecular flexibility index (Phi) is 4.13. The number of H-pyrrole nitrogens is 1. The maximum Gasteiger partial charge on any atom is 0.170 e. The third-order valence-electron chi connectivity index (χ3n) is 4.05. The van der Waals surface area contributed by atoms with Gasteiger partial charge in [0, 0.05) is 24.1 Å². The zero-order chi connectivity index (χ0) is 15.7. The number of aromatic nitrogens is 2. The maximum absolute atomic E-state index is 9.39. The first-order chi connectivity index (χ1) is 10.6. The first-order valence-corrected chi connectivity index (χ1v) is 7.77. The molecule has 0 spiro atoms. The number of aromatic amines is 1. The number of hydrogen-bond acceptors (Lipinski definition) is 3. The Morgan fingerprint density at radius 3 is 2.77 bits per heavy atom. The number of aliphatic hydroxyl groups is 1. The molecule has 1 fully saturated rings. The number of nitrogens with one attached hydrogen (secondary N) is 2. The van der Waals surface area contributed by atoms with Crippen molar-refractivity contribution in [3.05, 3.63) is 53.1 Å². The largest absolute Gasteiger partial charge is 0.395 e. The number of nitrogens with zero attached hydrogens (tertiary/aromatic N) is 2. The Morgan fingerprint density at radius 1 is 1.36 bits per heavy atom. The van der Waals surface area contributed by atoms with Gasteiger partial charge in [0.1, 0.15) is 0 Å². The Balaban J connectivity index is 2.05. The summed E-state index contributed by atoms with van der Waals surface area (Å²) in [5.41, 5.74) is 4.38. The molecule has 3 N–H and O–H groups in total. The summed E-state index contributed by atoms with van der Waals surface area (Å²) in [6.45, 7) is 4.68. The van der Waals surface area contributed by atoms with Crippen LogP contribution in [0.4, 0.5) is 0 Å². The molecule has 0 aromatic carbocycles. The van der Waals surface area contributed by atoms with E-state index in [-0.39, 0.29) is 18.7 Å². The second kappa shape index (κ2) is 6.06. The predicted octanol–water partition coefficient (Wildman–Crippen LogP) is 1.99. The van der Waals surface area contributed by atoms with E-state index in [4.69, 9.17) is 12.2 Å². The molecule has 22 heavy (non-hydrogen) atoms. The minimum absolute atomic E-state index is 0.0193. The number of pyridine rings is 1. The van der Waals surface area contributed by atoms with Crippen LogP contribution in [0.2, 0.25) is 0 Å². The molecular weight excluding hydrogens is 296 g/mol. The molecule has 3 heterocycles. The summed E-state index contributed by atoms with van der Waals surface area (Å²) in [7, 11) is 0. The molecule has 0 saturated carbocycles. The fraction of sp³-hybridized carbons (Fsp3) is 0.375. The van der Waals surface area contributed by atoms with E-state index in [0.29, 0.717) is 11.7 Å². The van der Waals surface area contributed by atoms with E-state index in [1.165, 1.54) is 5.56 Å². The number of rotatable bonds is 4. The molecule has 0 amide bonds. The van der Waals surface area contributed by atoms with Gasteiger partial charge in [-0.05, 0) is 49.8 Å². The average Bonchev–Trinajstić information content (AvgIpc) is 3.00. The lowest BCUT2D eigenvalue weighted by Crippen LogP contribution is -2.32. The van der Waals surface area contributed by atoms with Crippen molar-refractivity contribution in [2.24, 2.45) is 0 Å². The second-order valence-electron chi connectivity index (χ2n) is 5.58. The van der Waals surface area contributed by atoms with Gasteiger partial charge in [0.2, 0.25) is 0 Å². The minimum atomic E-state index is -0.0193. The first kappa shape index (κ1) is 15.0. The van der Waals surface area contributed by atoms with Crippen molar-refractivity contribution in [1.82, 2.24) is 20.2 Å². The first-order valence-electron chi connectivity index (χ1n) is 7.37. The van der Waals surface area contributed by atoms with Gasteiger partial charge in [-0.25, -0.2) is 0 Å². The SMILES string of the molecule is Cc1cc([C@@H]2[C@@H](c3ccccn3)NC(=S)N2CCO)c(C)[nH]1. The van der Waals surface area contributed by atoms with Crippen LogP contribution < -0.4 is 5.32 Å². The quantitative estimate of drug-likeness (QED) is 0.753. The number of β-amino-alcohol motifs (C(OH)–C–C–N with tert-alkyl or cyclic N) is 1. The molecule has 3 rings (SSSR count). The molecule has 2 atom stereocenters. The summed E-state index contributed by atoms with van der Waals surface area (Å²) >= 11 is 5.48. The molecule has 1 aliphatic heterocycles. The fourth-order valence-corrected chi connectivity index (χ4v) is 3.48. The Hall–Kier alpha value is -1.92. The normalized spacial score (nSPS) is 21.2. The van der Waals surface area contributed by atoms with Gasteiger partial charge in [0.15, 0.2) is 5.11 Å². The van der Waals surface area contributed by atoms with E-state index in [0.717, 1.165) is 17.1 Å². The van der Waals surface area contributed by atoms with Gasteiger partial charge in [-0.2, -0.15) is 0 Å². The third-order valence-corrected chi connectivity index (χ3v) is 4.40. The molecule has 0 radical (unpaired) electrons. The van der Waals surface area contributed by atoms with Gasteiger partial charge in [-0.3, -0.25) is 4.98 Å². The highest BCUT2D eigenvalue weighted by atomic mass is 32.1. The van der Waals surface area contributed by atoms with Crippen molar-refractivity contribution in [1.29, 1.82) is 0 Å². The van der Waals surface area contributed by atoms with E-state index >= 15 is 0 Å². The van der Waals surface area contributed by atoms with Gasteiger partial charge in [0.25, 0.3) is 0 Å². The van der Waals surface area contributed by atoms with Gasteiger partial charge < -0.3 is 20.3 Å². The molecular formula is C16H20N4OS. The highest BCUT2D eigenvalue weighted by Gasteiger charge is 2.40. The van der Waals surface area contributed by atoms with Crippen LogP contribution in [0.5, 0.6) is 0 Å². The summed E-state index contributed by atoms with van der Waals surface area (Å²) < 4.78 is 0. The van der Waals surface area contributed by atoms with Crippen molar-refractivity contribution in [3.63, 3.8) is 0 Å². The van der Waals surface area contributed by atoms with Crippen LogP contribution in [-0.4, -0.2) is 38.2 Å². The van der Waals surface area contributed by atoms with E-state index in [2.05, 4.69) is 28.3 Å². The standard InChI is InChI=1S/C16H20N4OS/c1-10-9-12(11(2)18-10)15-14(13-5-3-4-6-17-13)19-16(22)20(15)7-8-21/h3-6,9,14-15,18,21H,7-8H2,1-2H3,(H,19,22)/t14-,15-/m1/s1. The molecule has 2 aromatic heterocycles. The highest BCUT2D eigenvalue weighted by molar-refractivity contribution is 7.80. The van der Waals surface area contributed by atoms with E-state index in [9.17, 15) is 5.11 Å². The Bertz CT molecular complexity index is 670. The molecule has 1 aliphatic rings. The van der Waals surface area contributed by atoms with Crippen molar-refractivity contribution in [2.45, 2.75) is 25.9 Å². The van der Waals surface area contributed by atoms with E-state index in [1.807, 2.05) is 30.0 Å². The zero-order valence-electron chi connectivity index (χ0n) is 12.7. The number of thiocarbonyl (C=S) groups is 1. The molecule has 0 bridgehead atoms. The summed E-state index contributed by atoms with van der Waals surface area (Å²) in [5.74, 6) is 0. The van der Waals surface area contributed by atoms with Crippen LogP contribution >= 0.6 is 12.2 Å². The second-order valence-corrected chi connectivity index (χ2v) is 5.96. The van der Waals surface area contributed by atoms with E-state index in [1.54, 1.807) is 6.20 Å². The van der Waals surface area contributed by atoms with E-state index < -0.39 is 0 Å². The van der Waals surface area contributed by atoms with Gasteiger partial charge >= 0.3 is 0 Å². The van der Waals surface area contributed by atoms with Crippen LogP contribution in [-0.2, 0) is 0 Å². The van der Waals surface area contributed by atoms with Crippen LogP contribution in [0.1, 0.15) is 34.7 Å². The number of aliphatic hydroxyl groups excluding tert-OH is 1. The third kappa shape index (κ3) is 2.60. The van der Waals surface area contributed by atoms with Crippen molar-refractivity contribution in [2.75, 3.05) is 13.2 Å². The lowest BCUT2D eigenvalue weighted by Gasteiger charge is -2.27. The molecule has 6 heteroatoms. The summed E-state index contributed by atoms with van der Waals surface area (Å²) in [6.07, 6.45) is 1.79. The smallest absolute Gasteiger partial charge is 0.170 e. The topological polar surface area (TPSA) is 64.2 Å². The fourth-order valence-electron chi connectivity index (χ4n) is 3.15. The van der Waals surface area contributed by atoms with Crippen LogP contribution in [0.15, 0.2) is 30.5 Å². The van der Waals surface area contributed by atoms with Crippen molar-refractivity contribution in [3.8, 4) is 0 Å². The molecule has 0 aliphatic carbocycles. The summed E-state index contributed by atoms with van der Waals surface area (Å²) in [4.78, 5) is 9.88. The van der Waals surface area contributed by atoms with Crippen LogP contribution in [0.3, 0.4) is 0 Å². The zero-order valence-corrected chi connectivity index (χ0v) is 13.5. The molecule has 2 aromatic rings. The Morgan fingerprint density at radius 2 is 2.18 bits per heavy atom. The van der Waals surface area contributed by atoms with Gasteiger partial charge in [-0.1, -0.05) is 6.07 Å². The van der Waals surface area contributed by atoms with Crippen molar-refractivity contribution < 1.29 is 5.11 Å². The molecule has 116 valence electrons. The molecule has 1 saturated heterocycles. The molecule has 0 unspecified atom stereocenters. The Labute approximate surface area is 135 Å². The van der Waals surface area contributed by atoms with Gasteiger partial charge in [-0.15, -0.1) is 0 Å². The predicted molar refractivity (Wildman–Crippen MR) is 89.5 cm³/mol. The summed E-state index contributed by atoms with van der Waals surface area (Å²) in [5, 5.41) is 13.4. The highest BCUT2D eigenvalue weighted by Crippen LogP contribution is 2.39. The van der Waals surface area contributed by atoms with Crippen molar-refractivity contribution >= 4 is 17.3 Å². The minimum Gasteiger partial charge on any atom is -0.395 e. The average molecular weight is 316 g/mol. The van der Waals surface area contributed by atoms with Crippen LogP contribution in [0, 0.1) is 13.8 Å².